The van der Waals surface area contributed by atoms with Crippen molar-refractivity contribution in [1.29, 1.82) is 0 Å². The lowest BCUT2D eigenvalue weighted by Gasteiger charge is -2.35. The summed E-state index contributed by atoms with van der Waals surface area (Å²) in [6.45, 7) is 13.5. The van der Waals surface area contributed by atoms with Crippen LogP contribution in [0, 0.1) is 0 Å². The van der Waals surface area contributed by atoms with E-state index in [1.54, 1.807) is 0 Å². The average Bonchev–Trinajstić information content (AvgIpc) is 2.24. The standard InChI is InChI=1S/C13H26N2O/c1-11(2)5-6-15-7-8-16-10-13(15)9-14-12(3)4/h5,12-14H,6-10H2,1-4H3. The molecule has 16 heavy (non-hydrogen) atoms. The Balaban J connectivity index is 2.40. The maximum absolute atomic E-state index is 5.55. The highest BCUT2D eigenvalue weighted by Gasteiger charge is 2.21. The Hall–Kier alpha value is -0.380. The minimum atomic E-state index is 0.520. The molecule has 0 aromatic carbocycles. The van der Waals surface area contributed by atoms with Gasteiger partial charge in [0.2, 0.25) is 0 Å². The van der Waals surface area contributed by atoms with E-state index in [9.17, 15) is 0 Å². The van der Waals surface area contributed by atoms with E-state index in [1.165, 1.54) is 5.57 Å². The first-order chi connectivity index (χ1) is 7.59. The van der Waals surface area contributed by atoms with Crippen LogP contribution in [0.4, 0.5) is 0 Å². The van der Waals surface area contributed by atoms with Crippen molar-refractivity contribution in [3.8, 4) is 0 Å². The molecule has 0 radical (unpaired) electrons. The highest BCUT2D eigenvalue weighted by molar-refractivity contribution is 4.96. The van der Waals surface area contributed by atoms with Crippen molar-refractivity contribution >= 4 is 0 Å². The molecule has 1 aliphatic rings. The molecular weight excluding hydrogens is 200 g/mol. The molecule has 94 valence electrons. The summed E-state index contributed by atoms with van der Waals surface area (Å²) in [5.41, 5.74) is 1.39. The van der Waals surface area contributed by atoms with E-state index in [2.05, 4.69) is 44.0 Å². The molecule has 1 unspecified atom stereocenters. The third-order valence-electron chi connectivity index (χ3n) is 2.85. The first kappa shape index (κ1) is 13.7. The van der Waals surface area contributed by atoms with E-state index in [1.807, 2.05) is 0 Å². The van der Waals surface area contributed by atoms with Crippen molar-refractivity contribution in [2.24, 2.45) is 0 Å². The van der Waals surface area contributed by atoms with Gasteiger partial charge in [-0.15, -0.1) is 0 Å². The molecule has 1 aliphatic heterocycles. The quantitative estimate of drug-likeness (QED) is 0.721. The molecule has 1 atom stereocenters. The zero-order valence-corrected chi connectivity index (χ0v) is 11.1. The van der Waals surface area contributed by atoms with Crippen LogP contribution in [-0.2, 0) is 4.74 Å². The smallest absolute Gasteiger partial charge is 0.0635 e. The lowest BCUT2D eigenvalue weighted by atomic mass is 10.2. The Kier molecular flexibility index (Phi) is 6.03. The number of morpholine rings is 1. The molecule has 0 saturated carbocycles. The van der Waals surface area contributed by atoms with Crippen LogP contribution in [-0.4, -0.2) is 49.8 Å². The van der Waals surface area contributed by atoms with Crippen molar-refractivity contribution in [1.82, 2.24) is 10.2 Å². The molecule has 0 aromatic rings. The second-order valence-corrected chi connectivity index (χ2v) is 5.07. The van der Waals surface area contributed by atoms with Crippen molar-refractivity contribution < 1.29 is 4.74 Å². The zero-order chi connectivity index (χ0) is 12.0. The van der Waals surface area contributed by atoms with E-state index >= 15 is 0 Å². The van der Waals surface area contributed by atoms with Gasteiger partial charge in [-0.1, -0.05) is 25.5 Å². The molecule has 1 saturated heterocycles. The molecule has 1 fully saturated rings. The minimum Gasteiger partial charge on any atom is -0.378 e. The number of nitrogens with one attached hydrogen (secondary N) is 1. The lowest BCUT2D eigenvalue weighted by Crippen LogP contribution is -2.51. The molecule has 0 amide bonds. The number of hydrogen-bond acceptors (Lipinski definition) is 3. The summed E-state index contributed by atoms with van der Waals surface area (Å²) in [6.07, 6.45) is 2.30. The molecule has 1 heterocycles. The Labute approximate surface area is 99.8 Å². The largest absolute Gasteiger partial charge is 0.378 e. The molecule has 0 spiro atoms. The highest BCUT2D eigenvalue weighted by Crippen LogP contribution is 2.07. The van der Waals surface area contributed by atoms with Crippen molar-refractivity contribution in [3.63, 3.8) is 0 Å². The summed E-state index contributed by atoms with van der Waals surface area (Å²) in [5.74, 6) is 0. The van der Waals surface area contributed by atoms with Gasteiger partial charge < -0.3 is 10.1 Å². The molecule has 1 rings (SSSR count). The minimum absolute atomic E-state index is 0.520. The van der Waals surface area contributed by atoms with Gasteiger partial charge in [0, 0.05) is 31.7 Å². The highest BCUT2D eigenvalue weighted by atomic mass is 16.5. The monoisotopic (exact) mass is 226 g/mol. The van der Waals surface area contributed by atoms with Crippen LogP contribution in [0.2, 0.25) is 0 Å². The average molecular weight is 226 g/mol. The second kappa shape index (κ2) is 7.05. The Morgan fingerprint density at radius 2 is 2.25 bits per heavy atom. The fourth-order valence-electron chi connectivity index (χ4n) is 1.79. The maximum Gasteiger partial charge on any atom is 0.0635 e. The van der Waals surface area contributed by atoms with Gasteiger partial charge >= 0.3 is 0 Å². The SMILES string of the molecule is CC(C)=CCN1CCOCC1CNC(C)C. The second-order valence-electron chi connectivity index (χ2n) is 5.07. The molecule has 3 nitrogen and oxygen atoms in total. The van der Waals surface area contributed by atoms with Gasteiger partial charge in [0.1, 0.15) is 0 Å². The summed E-state index contributed by atoms with van der Waals surface area (Å²) in [6, 6.07) is 1.07. The molecule has 0 aromatic heterocycles. The molecular formula is C13H26N2O. The van der Waals surface area contributed by atoms with Crippen LogP contribution >= 0.6 is 0 Å². The van der Waals surface area contributed by atoms with E-state index < -0.39 is 0 Å². The van der Waals surface area contributed by atoms with Crippen LogP contribution in [0.5, 0.6) is 0 Å². The van der Waals surface area contributed by atoms with Crippen molar-refractivity contribution in [2.45, 2.75) is 39.8 Å². The zero-order valence-electron chi connectivity index (χ0n) is 11.1. The van der Waals surface area contributed by atoms with E-state index in [-0.39, 0.29) is 0 Å². The topological polar surface area (TPSA) is 24.5 Å². The Bertz CT molecular complexity index is 222. The number of allylic oxidation sites excluding steroid dienone is 1. The van der Waals surface area contributed by atoms with Crippen molar-refractivity contribution in [3.05, 3.63) is 11.6 Å². The predicted octanol–water partition coefficient (Wildman–Crippen LogP) is 1.65. The van der Waals surface area contributed by atoms with Gasteiger partial charge in [0.05, 0.1) is 13.2 Å². The van der Waals surface area contributed by atoms with Crippen LogP contribution in [0.3, 0.4) is 0 Å². The number of ether oxygens (including phenoxy) is 1. The van der Waals surface area contributed by atoms with Gasteiger partial charge in [-0.25, -0.2) is 0 Å². The van der Waals surface area contributed by atoms with E-state index in [4.69, 9.17) is 4.74 Å². The van der Waals surface area contributed by atoms with Gasteiger partial charge in [-0.3, -0.25) is 4.90 Å². The van der Waals surface area contributed by atoms with Crippen LogP contribution in [0.1, 0.15) is 27.7 Å². The van der Waals surface area contributed by atoms with Crippen LogP contribution in [0.15, 0.2) is 11.6 Å². The van der Waals surface area contributed by atoms with Gasteiger partial charge in [0.15, 0.2) is 0 Å². The first-order valence-electron chi connectivity index (χ1n) is 6.28. The van der Waals surface area contributed by atoms with Gasteiger partial charge in [0.25, 0.3) is 0 Å². The summed E-state index contributed by atoms with van der Waals surface area (Å²) >= 11 is 0. The summed E-state index contributed by atoms with van der Waals surface area (Å²) in [5, 5.41) is 3.49. The Morgan fingerprint density at radius 3 is 2.88 bits per heavy atom. The molecule has 3 heteroatoms. The van der Waals surface area contributed by atoms with Crippen LogP contribution in [0.25, 0.3) is 0 Å². The normalized spacial score (nSPS) is 22.4. The number of rotatable bonds is 5. The van der Waals surface area contributed by atoms with Gasteiger partial charge in [-0.05, 0) is 13.8 Å². The summed E-state index contributed by atoms with van der Waals surface area (Å²) in [7, 11) is 0. The third-order valence-corrected chi connectivity index (χ3v) is 2.85. The Morgan fingerprint density at radius 1 is 1.50 bits per heavy atom. The first-order valence-corrected chi connectivity index (χ1v) is 6.28. The maximum atomic E-state index is 5.55. The predicted molar refractivity (Wildman–Crippen MR) is 68.7 cm³/mol. The fraction of sp³-hybridized carbons (Fsp3) is 0.846. The summed E-state index contributed by atoms with van der Waals surface area (Å²) < 4.78 is 5.55. The van der Waals surface area contributed by atoms with Crippen molar-refractivity contribution in [2.75, 3.05) is 32.8 Å². The van der Waals surface area contributed by atoms with E-state index in [0.717, 1.165) is 32.8 Å². The molecule has 0 bridgehead atoms. The number of hydrogen-bond donors (Lipinski definition) is 1. The molecule has 0 aliphatic carbocycles. The number of nitrogens with zero attached hydrogens (tertiary/aromatic N) is 1. The molecule has 1 N–H and O–H groups in total. The lowest BCUT2D eigenvalue weighted by molar-refractivity contribution is -0.00166. The van der Waals surface area contributed by atoms with Crippen LogP contribution < -0.4 is 5.32 Å². The third kappa shape index (κ3) is 5.10. The fourth-order valence-corrected chi connectivity index (χ4v) is 1.79. The summed E-state index contributed by atoms with van der Waals surface area (Å²) in [4.78, 5) is 2.51. The van der Waals surface area contributed by atoms with Gasteiger partial charge in [-0.2, -0.15) is 0 Å². The van der Waals surface area contributed by atoms with E-state index in [0.29, 0.717) is 12.1 Å².